The van der Waals surface area contributed by atoms with Crippen LogP contribution in [0.5, 0.6) is 5.75 Å². The lowest BCUT2D eigenvalue weighted by atomic mass is 9.80. The van der Waals surface area contributed by atoms with E-state index in [0.717, 1.165) is 24.0 Å². The van der Waals surface area contributed by atoms with Crippen molar-refractivity contribution in [2.24, 2.45) is 0 Å². The van der Waals surface area contributed by atoms with Gasteiger partial charge in [0.1, 0.15) is 5.75 Å². The van der Waals surface area contributed by atoms with Gasteiger partial charge in [-0.1, -0.05) is 12.1 Å². The summed E-state index contributed by atoms with van der Waals surface area (Å²) in [6.45, 7) is 3.87. The smallest absolute Gasteiger partial charge is 0.416 e. The second-order valence-corrected chi connectivity index (χ2v) is 8.06. The summed E-state index contributed by atoms with van der Waals surface area (Å²) in [4.78, 5) is 51.3. The first-order valence-electron chi connectivity index (χ1n) is 11.2. The molecule has 2 aromatic carbocycles. The molecule has 11 heteroatoms. The molecule has 3 rings (SSSR count). The van der Waals surface area contributed by atoms with E-state index >= 15 is 0 Å². The lowest BCUT2D eigenvalue weighted by Gasteiger charge is -2.35. The van der Waals surface area contributed by atoms with Crippen LogP contribution in [0.2, 0.25) is 0 Å². The summed E-state index contributed by atoms with van der Waals surface area (Å²) in [5.41, 5.74) is -1.55. The number of ether oxygens (including phenoxy) is 3. The Morgan fingerprint density at radius 1 is 1.08 bits per heavy atom. The average Bonchev–Trinajstić information content (AvgIpc) is 2.82. The molecule has 1 aliphatic heterocycles. The van der Waals surface area contributed by atoms with Crippen molar-refractivity contribution >= 4 is 29.5 Å². The molecule has 1 atom stereocenters. The standard InChI is InChI=1S/C26H24F3NO7/c1-5-36-25(34)22-14(2)30(17-9-6-8-16(12-17)24(33)35-4)21(32)13-18(22)23-19(26(27,28)29)10-7-11-20(23)37-15(3)31/h6-12,18H,5,13H2,1-4H3. The van der Waals surface area contributed by atoms with Crippen molar-refractivity contribution in [2.75, 3.05) is 18.6 Å². The normalized spacial score (nSPS) is 15.9. The molecule has 0 N–H and O–H groups in total. The van der Waals surface area contributed by atoms with Gasteiger partial charge in [-0.25, -0.2) is 9.59 Å². The summed E-state index contributed by atoms with van der Waals surface area (Å²) in [5, 5.41) is 0. The van der Waals surface area contributed by atoms with E-state index in [1.165, 1.54) is 51.3 Å². The van der Waals surface area contributed by atoms with Gasteiger partial charge in [0.15, 0.2) is 0 Å². The SMILES string of the molecule is CCOC(=O)C1=C(C)N(c2cccc(C(=O)OC)c2)C(=O)CC1c1c(OC(C)=O)cccc1C(F)(F)F. The van der Waals surface area contributed by atoms with E-state index in [2.05, 4.69) is 0 Å². The minimum Gasteiger partial charge on any atom is -0.465 e. The highest BCUT2D eigenvalue weighted by Gasteiger charge is 2.44. The van der Waals surface area contributed by atoms with Gasteiger partial charge in [-0.15, -0.1) is 0 Å². The summed E-state index contributed by atoms with van der Waals surface area (Å²) in [6.07, 6.45) is -5.45. The fourth-order valence-corrected chi connectivity index (χ4v) is 4.29. The Bertz CT molecular complexity index is 1280. The van der Waals surface area contributed by atoms with Crippen LogP contribution in [0, 0.1) is 0 Å². The van der Waals surface area contributed by atoms with Gasteiger partial charge in [0.25, 0.3) is 0 Å². The van der Waals surface area contributed by atoms with Crippen molar-refractivity contribution in [3.05, 3.63) is 70.4 Å². The van der Waals surface area contributed by atoms with Crippen molar-refractivity contribution in [2.45, 2.75) is 39.3 Å². The van der Waals surface area contributed by atoms with Crippen LogP contribution in [0.4, 0.5) is 18.9 Å². The van der Waals surface area contributed by atoms with Crippen LogP contribution in [0.15, 0.2) is 53.7 Å². The first kappa shape index (κ1) is 27.4. The molecule has 1 amide bonds. The minimum absolute atomic E-state index is 0.00692. The van der Waals surface area contributed by atoms with Gasteiger partial charge in [-0.05, 0) is 44.2 Å². The zero-order chi connectivity index (χ0) is 27.5. The molecule has 0 aliphatic carbocycles. The Kier molecular flexibility index (Phi) is 8.05. The highest BCUT2D eigenvalue weighted by Crippen LogP contribution is 2.47. The van der Waals surface area contributed by atoms with E-state index in [0.29, 0.717) is 0 Å². The number of carbonyl (C=O) groups is 4. The maximum Gasteiger partial charge on any atom is 0.416 e. The van der Waals surface area contributed by atoms with Crippen LogP contribution in [-0.4, -0.2) is 37.5 Å². The third kappa shape index (κ3) is 5.65. The average molecular weight is 519 g/mol. The Morgan fingerprint density at radius 2 is 1.76 bits per heavy atom. The summed E-state index contributed by atoms with van der Waals surface area (Å²) < 4.78 is 57.2. The molecule has 0 aromatic heterocycles. The summed E-state index contributed by atoms with van der Waals surface area (Å²) >= 11 is 0. The Labute approximate surface area is 210 Å². The number of alkyl halides is 3. The number of benzene rings is 2. The third-order valence-electron chi connectivity index (χ3n) is 5.70. The van der Waals surface area contributed by atoms with Gasteiger partial charge in [-0.3, -0.25) is 14.5 Å². The molecular weight excluding hydrogens is 495 g/mol. The van der Waals surface area contributed by atoms with Gasteiger partial charge in [-0.2, -0.15) is 13.2 Å². The van der Waals surface area contributed by atoms with Crippen LogP contribution in [0.25, 0.3) is 0 Å². The van der Waals surface area contributed by atoms with Gasteiger partial charge >= 0.3 is 24.1 Å². The van der Waals surface area contributed by atoms with E-state index < -0.39 is 59.2 Å². The molecule has 1 unspecified atom stereocenters. The van der Waals surface area contributed by atoms with Crippen molar-refractivity contribution in [1.29, 1.82) is 0 Å². The largest absolute Gasteiger partial charge is 0.465 e. The molecule has 8 nitrogen and oxygen atoms in total. The maximum atomic E-state index is 14.1. The third-order valence-corrected chi connectivity index (χ3v) is 5.70. The molecule has 1 aliphatic rings. The second kappa shape index (κ2) is 10.9. The van der Waals surface area contributed by atoms with Gasteiger partial charge in [0, 0.05) is 36.2 Å². The molecule has 0 saturated heterocycles. The van der Waals surface area contributed by atoms with Crippen LogP contribution >= 0.6 is 0 Å². The lowest BCUT2D eigenvalue weighted by Crippen LogP contribution is -2.39. The molecule has 0 fully saturated rings. The number of hydrogen-bond donors (Lipinski definition) is 0. The highest BCUT2D eigenvalue weighted by molar-refractivity contribution is 6.05. The number of rotatable bonds is 6. The van der Waals surface area contributed by atoms with Crippen LogP contribution in [0.3, 0.4) is 0 Å². The van der Waals surface area contributed by atoms with Gasteiger partial charge in [0.2, 0.25) is 5.91 Å². The highest BCUT2D eigenvalue weighted by atomic mass is 19.4. The Morgan fingerprint density at radius 3 is 2.35 bits per heavy atom. The number of amides is 1. The van der Waals surface area contributed by atoms with Crippen molar-refractivity contribution in [3.63, 3.8) is 0 Å². The number of halogens is 3. The molecule has 0 radical (unpaired) electrons. The fraction of sp³-hybridized carbons (Fsp3) is 0.308. The maximum absolute atomic E-state index is 14.1. The van der Waals surface area contributed by atoms with E-state index in [9.17, 15) is 32.3 Å². The molecule has 196 valence electrons. The quantitative estimate of drug-likeness (QED) is 0.400. The van der Waals surface area contributed by atoms with Crippen molar-refractivity contribution in [3.8, 4) is 5.75 Å². The van der Waals surface area contributed by atoms with E-state index in [1.54, 1.807) is 0 Å². The molecule has 0 spiro atoms. The van der Waals surface area contributed by atoms with Gasteiger partial charge < -0.3 is 14.2 Å². The Hall–Kier alpha value is -4.15. The van der Waals surface area contributed by atoms with Crippen LogP contribution < -0.4 is 9.64 Å². The minimum atomic E-state index is -4.88. The summed E-state index contributed by atoms with van der Waals surface area (Å²) in [7, 11) is 1.19. The number of esters is 3. The predicted octanol–water partition coefficient (Wildman–Crippen LogP) is 4.77. The topological polar surface area (TPSA) is 99.2 Å². The van der Waals surface area contributed by atoms with Crippen molar-refractivity contribution in [1.82, 2.24) is 0 Å². The number of carbonyl (C=O) groups excluding carboxylic acids is 4. The van der Waals surface area contributed by atoms with Crippen molar-refractivity contribution < 1.29 is 46.6 Å². The second-order valence-electron chi connectivity index (χ2n) is 8.06. The molecular formula is C26H24F3NO7. The first-order valence-corrected chi connectivity index (χ1v) is 11.2. The first-order chi connectivity index (χ1) is 17.4. The zero-order valence-corrected chi connectivity index (χ0v) is 20.5. The van der Waals surface area contributed by atoms with Gasteiger partial charge in [0.05, 0.1) is 30.4 Å². The van der Waals surface area contributed by atoms with E-state index in [-0.39, 0.29) is 29.1 Å². The molecule has 2 aromatic rings. The molecule has 37 heavy (non-hydrogen) atoms. The van der Waals surface area contributed by atoms with E-state index in [4.69, 9.17) is 14.2 Å². The number of anilines is 1. The number of hydrogen-bond acceptors (Lipinski definition) is 7. The molecule has 1 heterocycles. The summed E-state index contributed by atoms with van der Waals surface area (Å²) in [5.74, 6) is -4.97. The predicted molar refractivity (Wildman–Crippen MR) is 125 cm³/mol. The number of methoxy groups -OCH3 is 1. The Balaban J connectivity index is 2.30. The molecule has 0 saturated carbocycles. The van der Waals surface area contributed by atoms with Crippen LogP contribution in [0.1, 0.15) is 54.6 Å². The zero-order valence-electron chi connectivity index (χ0n) is 20.5. The van der Waals surface area contributed by atoms with E-state index in [1.807, 2.05) is 0 Å². The monoisotopic (exact) mass is 519 g/mol. The molecule has 0 bridgehead atoms. The number of nitrogens with zero attached hydrogens (tertiary/aromatic N) is 1. The van der Waals surface area contributed by atoms with Crippen LogP contribution in [-0.2, 0) is 30.0 Å². The summed E-state index contributed by atoms with van der Waals surface area (Å²) in [6, 6.07) is 8.85. The fourth-order valence-electron chi connectivity index (χ4n) is 4.29. The lowest BCUT2D eigenvalue weighted by molar-refractivity contribution is -0.141. The number of allylic oxidation sites excluding steroid dienone is 1.